The zero-order valence-electron chi connectivity index (χ0n) is 9.44. The van der Waals surface area contributed by atoms with Crippen molar-refractivity contribution in [2.75, 3.05) is 19.8 Å². The van der Waals surface area contributed by atoms with Crippen molar-refractivity contribution in [2.45, 2.75) is 18.6 Å². The Bertz CT molecular complexity index is 361. The van der Waals surface area contributed by atoms with Crippen LogP contribution in [0.4, 0.5) is 4.79 Å². The van der Waals surface area contributed by atoms with Gasteiger partial charge in [0.2, 0.25) is 0 Å². The summed E-state index contributed by atoms with van der Waals surface area (Å²) >= 11 is 1.60. The molecule has 2 rings (SSSR count). The molecular formula is C11H16N2O3S. The molecule has 5 nitrogen and oxygen atoms in total. The number of aliphatic hydroxyl groups is 1. The van der Waals surface area contributed by atoms with Gasteiger partial charge in [0.25, 0.3) is 0 Å². The van der Waals surface area contributed by atoms with Crippen LogP contribution in [0.1, 0.15) is 11.3 Å². The van der Waals surface area contributed by atoms with Gasteiger partial charge in [-0.2, -0.15) is 0 Å². The highest BCUT2D eigenvalue weighted by Gasteiger charge is 2.32. The van der Waals surface area contributed by atoms with Gasteiger partial charge < -0.3 is 20.5 Å². The Morgan fingerprint density at radius 2 is 2.47 bits per heavy atom. The Hall–Kier alpha value is -1.11. The summed E-state index contributed by atoms with van der Waals surface area (Å²) in [5.41, 5.74) is -0.903. The minimum Gasteiger partial charge on any atom is -0.386 e. The molecule has 1 fully saturated rings. The second-order valence-electron chi connectivity index (χ2n) is 4.14. The molecule has 1 aliphatic rings. The van der Waals surface area contributed by atoms with Crippen LogP contribution in [0.2, 0.25) is 0 Å². The highest BCUT2D eigenvalue weighted by atomic mass is 32.1. The van der Waals surface area contributed by atoms with Crippen molar-refractivity contribution >= 4 is 17.4 Å². The minimum absolute atomic E-state index is 0.225. The van der Waals surface area contributed by atoms with Crippen molar-refractivity contribution in [3.05, 3.63) is 22.4 Å². The summed E-state index contributed by atoms with van der Waals surface area (Å²) in [7, 11) is 0. The van der Waals surface area contributed by atoms with Crippen molar-refractivity contribution in [3.63, 3.8) is 0 Å². The average molecular weight is 256 g/mol. The third-order valence-corrected chi connectivity index (χ3v) is 3.54. The molecule has 2 heterocycles. The molecule has 0 aromatic carbocycles. The third kappa shape index (κ3) is 3.69. The monoisotopic (exact) mass is 256 g/mol. The van der Waals surface area contributed by atoms with Crippen molar-refractivity contribution in [2.24, 2.45) is 0 Å². The van der Waals surface area contributed by atoms with Crippen LogP contribution < -0.4 is 10.6 Å². The predicted molar refractivity (Wildman–Crippen MR) is 64.9 cm³/mol. The highest BCUT2D eigenvalue weighted by molar-refractivity contribution is 7.09. The third-order valence-electron chi connectivity index (χ3n) is 2.66. The smallest absolute Gasteiger partial charge is 0.315 e. The van der Waals surface area contributed by atoms with Gasteiger partial charge in [-0.15, -0.1) is 11.3 Å². The second kappa shape index (κ2) is 5.48. The van der Waals surface area contributed by atoms with E-state index in [1.807, 2.05) is 17.5 Å². The van der Waals surface area contributed by atoms with E-state index in [9.17, 15) is 9.90 Å². The molecule has 1 saturated heterocycles. The van der Waals surface area contributed by atoms with Gasteiger partial charge in [0.05, 0.1) is 19.7 Å². The minimum atomic E-state index is -0.903. The van der Waals surface area contributed by atoms with Crippen molar-refractivity contribution in [3.8, 4) is 0 Å². The zero-order chi connectivity index (χ0) is 12.1. The Labute approximate surface area is 104 Å². The molecule has 0 saturated carbocycles. The Morgan fingerprint density at radius 1 is 1.59 bits per heavy atom. The lowest BCUT2D eigenvalue weighted by atomic mass is 10.0. The molecule has 0 aliphatic carbocycles. The van der Waals surface area contributed by atoms with Crippen LogP contribution in [0.25, 0.3) is 0 Å². The Morgan fingerprint density at radius 3 is 3.12 bits per heavy atom. The van der Waals surface area contributed by atoms with Gasteiger partial charge in [0.1, 0.15) is 5.60 Å². The molecule has 1 aromatic heterocycles. The van der Waals surface area contributed by atoms with Crippen LogP contribution in [0.3, 0.4) is 0 Å². The molecule has 3 N–H and O–H groups in total. The molecule has 1 atom stereocenters. The number of hydrogen-bond donors (Lipinski definition) is 3. The molecule has 0 radical (unpaired) electrons. The van der Waals surface area contributed by atoms with E-state index in [-0.39, 0.29) is 19.2 Å². The van der Waals surface area contributed by atoms with Crippen LogP contribution in [0, 0.1) is 0 Å². The molecule has 1 unspecified atom stereocenters. The van der Waals surface area contributed by atoms with Crippen LogP contribution >= 0.6 is 11.3 Å². The van der Waals surface area contributed by atoms with Gasteiger partial charge in [0, 0.05) is 17.9 Å². The fraction of sp³-hybridized carbons (Fsp3) is 0.545. The number of carbonyl (C=O) groups excluding carboxylic acids is 1. The van der Waals surface area contributed by atoms with Crippen LogP contribution in [0.15, 0.2) is 17.5 Å². The van der Waals surface area contributed by atoms with E-state index in [4.69, 9.17) is 4.74 Å². The number of nitrogens with one attached hydrogen (secondary N) is 2. The summed E-state index contributed by atoms with van der Waals surface area (Å²) in [6.07, 6.45) is 0.568. The first-order valence-electron chi connectivity index (χ1n) is 5.52. The van der Waals surface area contributed by atoms with Gasteiger partial charge in [-0.25, -0.2) is 4.79 Å². The maximum Gasteiger partial charge on any atom is 0.315 e. The van der Waals surface area contributed by atoms with Gasteiger partial charge >= 0.3 is 6.03 Å². The van der Waals surface area contributed by atoms with E-state index < -0.39 is 5.60 Å². The first-order chi connectivity index (χ1) is 8.18. The number of ether oxygens (including phenoxy) is 1. The number of rotatable bonds is 4. The molecule has 6 heteroatoms. The second-order valence-corrected chi connectivity index (χ2v) is 5.17. The normalized spacial score (nSPS) is 23.6. The first-order valence-corrected chi connectivity index (χ1v) is 6.40. The molecule has 0 spiro atoms. The summed E-state index contributed by atoms with van der Waals surface area (Å²) in [4.78, 5) is 12.6. The average Bonchev–Trinajstić information content (AvgIpc) is 2.95. The molecule has 1 aliphatic heterocycles. The lowest BCUT2D eigenvalue weighted by molar-refractivity contribution is 0.0292. The zero-order valence-corrected chi connectivity index (χ0v) is 10.3. The summed E-state index contributed by atoms with van der Waals surface area (Å²) in [6, 6.07) is 3.64. The summed E-state index contributed by atoms with van der Waals surface area (Å²) in [5, 5.41) is 17.3. The number of hydrogen-bond acceptors (Lipinski definition) is 4. The quantitative estimate of drug-likeness (QED) is 0.742. The van der Waals surface area contributed by atoms with Gasteiger partial charge in [-0.1, -0.05) is 6.07 Å². The highest BCUT2D eigenvalue weighted by Crippen LogP contribution is 2.16. The maximum absolute atomic E-state index is 11.5. The van der Waals surface area contributed by atoms with E-state index in [1.165, 1.54) is 0 Å². The first kappa shape index (κ1) is 12.3. The van der Waals surface area contributed by atoms with Crippen LogP contribution in [-0.2, 0) is 11.3 Å². The number of amides is 2. The summed E-state index contributed by atoms with van der Waals surface area (Å²) in [6.45, 7) is 1.58. The number of carbonyl (C=O) groups is 1. The maximum atomic E-state index is 11.5. The summed E-state index contributed by atoms with van der Waals surface area (Å²) < 4.78 is 5.09. The molecule has 1 aromatic rings. The number of urea groups is 1. The molecule has 2 amide bonds. The largest absolute Gasteiger partial charge is 0.386 e. The lowest BCUT2D eigenvalue weighted by Crippen LogP contribution is -2.46. The van der Waals surface area contributed by atoms with Crippen molar-refractivity contribution in [1.29, 1.82) is 0 Å². The van der Waals surface area contributed by atoms with E-state index in [0.29, 0.717) is 19.6 Å². The fourth-order valence-electron chi connectivity index (χ4n) is 1.62. The SMILES string of the molecule is O=C(NCc1cccs1)NCC1(O)CCOC1. The van der Waals surface area contributed by atoms with Crippen LogP contribution in [0.5, 0.6) is 0 Å². The molecular weight excluding hydrogens is 240 g/mol. The van der Waals surface area contributed by atoms with Gasteiger partial charge in [-0.3, -0.25) is 0 Å². The fourth-order valence-corrected chi connectivity index (χ4v) is 2.27. The van der Waals surface area contributed by atoms with Gasteiger partial charge in [-0.05, 0) is 11.4 Å². The Kier molecular flexibility index (Phi) is 3.98. The van der Waals surface area contributed by atoms with Crippen molar-refractivity contribution < 1.29 is 14.6 Å². The number of thiophene rings is 1. The summed E-state index contributed by atoms with van der Waals surface area (Å²) in [5.74, 6) is 0. The molecule has 17 heavy (non-hydrogen) atoms. The standard InChI is InChI=1S/C11H16N2O3S/c14-10(12-6-9-2-1-5-17-9)13-7-11(15)3-4-16-8-11/h1-2,5,15H,3-4,6-8H2,(H2,12,13,14). The predicted octanol–water partition coefficient (Wildman–Crippen LogP) is 0.699. The van der Waals surface area contributed by atoms with E-state index in [0.717, 1.165) is 4.88 Å². The topological polar surface area (TPSA) is 70.6 Å². The Balaban J connectivity index is 1.67. The molecule has 94 valence electrons. The molecule has 0 bridgehead atoms. The van der Waals surface area contributed by atoms with Crippen molar-refractivity contribution in [1.82, 2.24) is 10.6 Å². The van der Waals surface area contributed by atoms with Crippen LogP contribution in [-0.4, -0.2) is 36.5 Å². The van der Waals surface area contributed by atoms with E-state index >= 15 is 0 Å². The lowest BCUT2D eigenvalue weighted by Gasteiger charge is -2.20. The van der Waals surface area contributed by atoms with Gasteiger partial charge in [0.15, 0.2) is 0 Å². The van der Waals surface area contributed by atoms with E-state index in [1.54, 1.807) is 11.3 Å². The van der Waals surface area contributed by atoms with E-state index in [2.05, 4.69) is 10.6 Å².